The lowest BCUT2D eigenvalue weighted by Crippen LogP contribution is -2.30. The first kappa shape index (κ1) is 18.9. The van der Waals surface area contributed by atoms with Gasteiger partial charge in [-0.3, -0.25) is 9.59 Å². The first-order valence-electron chi connectivity index (χ1n) is 8.75. The Balaban J connectivity index is 1.64. The molecule has 0 unspecified atom stereocenters. The van der Waals surface area contributed by atoms with Crippen molar-refractivity contribution in [2.24, 2.45) is 0 Å². The van der Waals surface area contributed by atoms with Gasteiger partial charge in [0.25, 0.3) is 5.91 Å². The molecule has 0 heterocycles. The Hall–Kier alpha value is -3.91. The minimum Gasteiger partial charge on any atom is -0.481 e. The second-order valence-electron chi connectivity index (χ2n) is 6.13. The summed E-state index contributed by atoms with van der Waals surface area (Å²) in [7, 11) is 0. The number of ether oxygens (including phenoxy) is 1. The molecular formula is C23H18N2O3. The van der Waals surface area contributed by atoms with E-state index in [-0.39, 0.29) is 11.7 Å². The molecule has 0 fully saturated rings. The van der Waals surface area contributed by atoms with Gasteiger partial charge in [0.15, 0.2) is 11.9 Å². The summed E-state index contributed by atoms with van der Waals surface area (Å²) < 4.78 is 5.66. The molecule has 0 aliphatic rings. The SMILES string of the molecule is C[C@@H](Oc1ccc(C(=O)c2ccccc2)cc1)C(=O)Nc1ccccc1C#N. The van der Waals surface area contributed by atoms with Gasteiger partial charge in [-0.2, -0.15) is 5.26 Å². The van der Waals surface area contributed by atoms with Crippen LogP contribution in [0.2, 0.25) is 0 Å². The van der Waals surface area contributed by atoms with Crippen LogP contribution in [0.25, 0.3) is 0 Å². The van der Waals surface area contributed by atoms with E-state index in [0.717, 1.165) is 0 Å². The van der Waals surface area contributed by atoms with Gasteiger partial charge in [0.05, 0.1) is 11.3 Å². The topological polar surface area (TPSA) is 79.2 Å². The Morgan fingerprint density at radius 3 is 2.18 bits per heavy atom. The van der Waals surface area contributed by atoms with Gasteiger partial charge in [-0.25, -0.2) is 0 Å². The Bertz CT molecular complexity index is 1020. The second-order valence-corrected chi connectivity index (χ2v) is 6.13. The van der Waals surface area contributed by atoms with Crippen molar-refractivity contribution in [1.82, 2.24) is 0 Å². The molecule has 3 aromatic carbocycles. The van der Waals surface area contributed by atoms with E-state index in [4.69, 9.17) is 10.00 Å². The van der Waals surface area contributed by atoms with Crippen LogP contribution in [0.5, 0.6) is 5.75 Å². The van der Waals surface area contributed by atoms with E-state index in [9.17, 15) is 9.59 Å². The van der Waals surface area contributed by atoms with Gasteiger partial charge < -0.3 is 10.1 Å². The molecule has 0 aromatic heterocycles. The molecule has 0 aliphatic heterocycles. The third-order valence-corrected chi connectivity index (χ3v) is 4.14. The molecule has 138 valence electrons. The monoisotopic (exact) mass is 370 g/mol. The van der Waals surface area contributed by atoms with Crippen LogP contribution in [0.15, 0.2) is 78.9 Å². The van der Waals surface area contributed by atoms with Gasteiger partial charge in [0.2, 0.25) is 0 Å². The maximum Gasteiger partial charge on any atom is 0.265 e. The number of para-hydroxylation sites is 1. The maximum atomic E-state index is 12.4. The molecule has 0 saturated carbocycles. The Labute approximate surface area is 163 Å². The van der Waals surface area contributed by atoms with Crippen LogP contribution in [-0.4, -0.2) is 17.8 Å². The fourth-order valence-electron chi connectivity index (χ4n) is 2.62. The lowest BCUT2D eigenvalue weighted by molar-refractivity contribution is -0.122. The molecule has 1 atom stereocenters. The Morgan fingerprint density at radius 1 is 0.893 bits per heavy atom. The highest BCUT2D eigenvalue weighted by Gasteiger charge is 2.17. The first-order valence-corrected chi connectivity index (χ1v) is 8.75. The van der Waals surface area contributed by atoms with Gasteiger partial charge in [-0.1, -0.05) is 42.5 Å². The summed E-state index contributed by atoms with van der Waals surface area (Å²) in [6.07, 6.45) is -0.776. The summed E-state index contributed by atoms with van der Waals surface area (Å²) >= 11 is 0. The van der Waals surface area contributed by atoms with E-state index >= 15 is 0 Å². The number of ketones is 1. The van der Waals surface area contributed by atoms with Crippen molar-refractivity contribution < 1.29 is 14.3 Å². The van der Waals surface area contributed by atoms with Crippen molar-refractivity contribution in [2.45, 2.75) is 13.0 Å². The van der Waals surface area contributed by atoms with E-state index in [2.05, 4.69) is 5.32 Å². The zero-order valence-electron chi connectivity index (χ0n) is 15.3. The van der Waals surface area contributed by atoms with Crippen LogP contribution < -0.4 is 10.1 Å². The summed E-state index contributed by atoms with van der Waals surface area (Å²) in [5.74, 6) is 0.0269. The molecule has 3 rings (SSSR count). The van der Waals surface area contributed by atoms with Crippen LogP contribution in [-0.2, 0) is 4.79 Å². The van der Waals surface area contributed by atoms with Crippen molar-refractivity contribution in [3.63, 3.8) is 0 Å². The molecule has 1 amide bonds. The molecule has 0 spiro atoms. The molecule has 0 bridgehead atoms. The summed E-state index contributed by atoms with van der Waals surface area (Å²) in [6.45, 7) is 1.62. The van der Waals surface area contributed by atoms with Gasteiger partial charge in [0.1, 0.15) is 11.8 Å². The van der Waals surface area contributed by atoms with Gasteiger partial charge in [-0.05, 0) is 43.3 Å². The van der Waals surface area contributed by atoms with Gasteiger partial charge in [0, 0.05) is 11.1 Å². The number of nitrogens with one attached hydrogen (secondary N) is 1. The number of hydrogen-bond acceptors (Lipinski definition) is 4. The van der Waals surface area contributed by atoms with Crippen molar-refractivity contribution in [1.29, 1.82) is 5.26 Å². The van der Waals surface area contributed by atoms with Crippen LogP contribution >= 0.6 is 0 Å². The highest BCUT2D eigenvalue weighted by Crippen LogP contribution is 2.18. The average molecular weight is 370 g/mol. The summed E-state index contributed by atoms with van der Waals surface area (Å²) in [4.78, 5) is 24.8. The molecule has 3 aromatic rings. The van der Waals surface area contributed by atoms with Crippen molar-refractivity contribution in [3.8, 4) is 11.8 Å². The minimum absolute atomic E-state index is 0.0777. The number of nitriles is 1. The van der Waals surface area contributed by atoms with E-state index in [0.29, 0.717) is 28.1 Å². The van der Waals surface area contributed by atoms with Gasteiger partial charge in [-0.15, -0.1) is 0 Å². The summed E-state index contributed by atoms with van der Waals surface area (Å²) in [6, 6.07) is 24.4. The first-order chi connectivity index (χ1) is 13.6. The molecule has 28 heavy (non-hydrogen) atoms. The zero-order valence-corrected chi connectivity index (χ0v) is 15.3. The number of amides is 1. The van der Waals surface area contributed by atoms with E-state index in [1.54, 1.807) is 67.6 Å². The molecule has 0 saturated heterocycles. The number of nitrogens with zero attached hydrogens (tertiary/aromatic N) is 1. The highest BCUT2D eigenvalue weighted by molar-refractivity contribution is 6.09. The van der Waals surface area contributed by atoms with Crippen LogP contribution in [0.4, 0.5) is 5.69 Å². The molecule has 0 radical (unpaired) electrons. The molecule has 0 aliphatic carbocycles. The number of carbonyl (C=O) groups excluding carboxylic acids is 2. The Kier molecular flexibility index (Phi) is 5.83. The fraction of sp³-hybridized carbons (Fsp3) is 0.0870. The van der Waals surface area contributed by atoms with Gasteiger partial charge >= 0.3 is 0 Å². The smallest absolute Gasteiger partial charge is 0.265 e. The number of anilines is 1. The van der Waals surface area contributed by atoms with Crippen molar-refractivity contribution in [3.05, 3.63) is 95.6 Å². The number of hydrogen-bond donors (Lipinski definition) is 1. The molecular weight excluding hydrogens is 352 g/mol. The normalized spacial score (nSPS) is 11.1. The second kappa shape index (κ2) is 8.65. The lowest BCUT2D eigenvalue weighted by Gasteiger charge is -2.15. The van der Waals surface area contributed by atoms with Crippen LogP contribution in [0.1, 0.15) is 28.4 Å². The number of carbonyl (C=O) groups is 2. The Morgan fingerprint density at radius 2 is 1.50 bits per heavy atom. The highest BCUT2D eigenvalue weighted by atomic mass is 16.5. The third kappa shape index (κ3) is 4.43. The lowest BCUT2D eigenvalue weighted by atomic mass is 10.0. The van der Waals surface area contributed by atoms with Crippen molar-refractivity contribution >= 4 is 17.4 Å². The zero-order chi connectivity index (χ0) is 19.9. The minimum atomic E-state index is -0.776. The number of benzene rings is 3. The average Bonchev–Trinajstić information content (AvgIpc) is 2.74. The predicted octanol–water partition coefficient (Wildman–Crippen LogP) is 4.20. The summed E-state index contributed by atoms with van der Waals surface area (Å²) in [5, 5.41) is 11.8. The fourth-order valence-corrected chi connectivity index (χ4v) is 2.62. The maximum absolute atomic E-state index is 12.4. The standard InChI is InChI=1S/C23H18N2O3/c1-16(23(27)25-21-10-6-5-9-19(21)15-24)28-20-13-11-18(12-14-20)22(26)17-7-3-2-4-8-17/h2-14,16H,1H3,(H,25,27)/t16-/m1/s1. The molecule has 1 N–H and O–H groups in total. The van der Waals surface area contributed by atoms with E-state index in [1.165, 1.54) is 0 Å². The summed E-state index contributed by atoms with van der Waals surface area (Å²) in [5.41, 5.74) is 1.97. The third-order valence-electron chi connectivity index (χ3n) is 4.14. The quantitative estimate of drug-likeness (QED) is 0.660. The molecule has 5 nitrogen and oxygen atoms in total. The number of rotatable bonds is 6. The predicted molar refractivity (Wildman–Crippen MR) is 106 cm³/mol. The van der Waals surface area contributed by atoms with Crippen molar-refractivity contribution in [2.75, 3.05) is 5.32 Å². The van der Waals surface area contributed by atoms with Crippen LogP contribution in [0.3, 0.4) is 0 Å². The molecule has 5 heteroatoms. The van der Waals surface area contributed by atoms with E-state index in [1.807, 2.05) is 24.3 Å². The van der Waals surface area contributed by atoms with Crippen LogP contribution in [0, 0.1) is 11.3 Å². The largest absolute Gasteiger partial charge is 0.481 e. The van der Waals surface area contributed by atoms with E-state index < -0.39 is 6.10 Å².